The second-order valence-electron chi connectivity index (χ2n) is 4.77. The van der Waals surface area contributed by atoms with E-state index in [-0.39, 0.29) is 18.9 Å². The van der Waals surface area contributed by atoms with Gasteiger partial charge < -0.3 is 10.8 Å². The molecule has 0 bridgehead atoms. The predicted molar refractivity (Wildman–Crippen MR) is 71.7 cm³/mol. The van der Waals surface area contributed by atoms with E-state index in [2.05, 4.69) is 0 Å². The number of carboxylic acids is 1. The van der Waals surface area contributed by atoms with Gasteiger partial charge in [-0.25, -0.2) is 0 Å². The molecule has 2 rings (SSSR count). The number of likely N-dealkylation sites (tertiary alicyclic amines) is 1. The fraction of sp³-hybridized carbons (Fsp3) is 0.357. The number of carbonyl (C=O) groups excluding carboxylic acids is 2. The Morgan fingerprint density at radius 3 is 2.45 bits per heavy atom. The van der Waals surface area contributed by atoms with E-state index in [4.69, 9.17) is 5.73 Å². The number of nitrogens with zero attached hydrogens (tertiary/aromatic N) is 1. The lowest BCUT2D eigenvalue weighted by Crippen LogP contribution is -2.50. The number of amides is 2. The first-order chi connectivity index (χ1) is 9.45. The average Bonchev–Trinajstić information content (AvgIpc) is 2.38. The first kappa shape index (κ1) is 14.0. The lowest BCUT2D eigenvalue weighted by Gasteiger charge is -2.34. The maximum atomic E-state index is 12.2. The Balaban J connectivity index is 2.40. The van der Waals surface area contributed by atoms with Crippen LogP contribution in [0.1, 0.15) is 24.8 Å². The van der Waals surface area contributed by atoms with Crippen LogP contribution < -0.4 is 5.73 Å². The van der Waals surface area contributed by atoms with Crippen molar-refractivity contribution in [3.05, 3.63) is 29.8 Å². The Bertz CT molecular complexity index is 553. The molecule has 20 heavy (non-hydrogen) atoms. The second kappa shape index (κ2) is 5.32. The van der Waals surface area contributed by atoms with Gasteiger partial charge in [-0.05, 0) is 24.6 Å². The van der Waals surface area contributed by atoms with Crippen molar-refractivity contribution in [3.63, 3.8) is 0 Å². The van der Waals surface area contributed by atoms with Crippen LogP contribution in [0.25, 0.3) is 0 Å². The molecule has 1 aliphatic heterocycles. The van der Waals surface area contributed by atoms with Crippen LogP contribution >= 0.6 is 0 Å². The number of nitrogen functional groups attached to an aromatic ring is 1. The highest BCUT2D eigenvalue weighted by Crippen LogP contribution is 2.35. The van der Waals surface area contributed by atoms with Gasteiger partial charge in [-0.1, -0.05) is 12.1 Å². The summed E-state index contributed by atoms with van der Waals surface area (Å²) in [5.41, 5.74) is 6.78. The molecule has 2 atom stereocenters. The van der Waals surface area contributed by atoms with Crippen LogP contribution in [0.4, 0.5) is 5.69 Å². The molecular weight excluding hydrogens is 260 g/mol. The quantitative estimate of drug-likeness (QED) is 0.484. The Morgan fingerprint density at radius 2 is 1.95 bits per heavy atom. The molecule has 1 saturated heterocycles. The zero-order chi connectivity index (χ0) is 14.9. The minimum Gasteiger partial charge on any atom is -0.481 e. The largest absolute Gasteiger partial charge is 0.481 e. The Morgan fingerprint density at radius 1 is 1.35 bits per heavy atom. The molecule has 0 spiro atoms. The number of imide groups is 1. The van der Waals surface area contributed by atoms with E-state index >= 15 is 0 Å². The molecule has 0 radical (unpaired) electrons. The molecule has 0 aromatic heterocycles. The highest BCUT2D eigenvalue weighted by molar-refractivity contribution is 6.08. The standard InChI is InChI=1S/C14H16N2O4/c1-2-16-11(17)7-10(12(13(16)18)14(19)20)8-3-5-9(15)6-4-8/h3-6,10,12H,2,7,15H2,1H3,(H,19,20). The van der Waals surface area contributed by atoms with Gasteiger partial charge in [-0.15, -0.1) is 0 Å². The molecule has 0 aliphatic carbocycles. The molecular formula is C14H16N2O4. The summed E-state index contributed by atoms with van der Waals surface area (Å²) in [4.78, 5) is 36.5. The lowest BCUT2D eigenvalue weighted by molar-refractivity contribution is -0.160. The van der Waals surface area contributed by atoms with Crippen molar-refractivity contribution in [2.75, 3.05) is 12.3 Å². The average molecular weight is 276 g/mol. The molecule has 1 heterocycles. The summed E-state index contributed by atoms with van der Waals surface area (Å²) in [5.74, 6) is -4.05. The van der Waals surface area contributed by atoms with Crippen molar-refractivity contribution in [2.45, 2.75) is 19.3 Å². The number of nitrogens with two attached hydrogens (primary N) is 1. The van der Waals surface area contributed by atoms with Gasteiger partial charge in [-0.3, -0.25) is 19.3 Å². The number of hydrogen-bond acceptors (Lipinski definition) is 4. The van der Waals surface area contributed by atoms with E-state index < -0.39 is 23.7 Å². The number of piperidine rings is 1. The summed E-state index contributed by atoms with van der Waals surface area (Å²) < 4.78 is 0. The van der Waals surface area contributed by atoms with Gasteiger partial charge in [0.2, 0.25) is 11.8 Å². The molecule has 1 fully saturated rings. The number of carboxylic acid groups (broad SMARTS) is 1. The maximum Gasteiger partial charge on any atom is 0.316 e. The van der Waals surface area contributed by atoms with Crippen LogP contribution in [0.5, 0.6) is 0 Å². The predicted octanol–water partition coefficient (Wildman–Crippen LogP) is 0.832. The highest BCUT2D eigenvalue weighted by Gasteiger charge is 2.45. The molecule has 1 aliphatic rings. The van der Waals surface area contributed by atoms with Crippen LogP contribution in [-0.2, 0) is 14.4 Å². The normalized spacial score (nSPS) is 22.9. The summed E-state index contributed by atoms with van der Waals surface area (Å²) in [7, 11) is 0. The smallest absolute Gasteiger partial charge is 0.316 e. The number of benzene rings is 1. The van der Waals surface area contributed by atoms with Gasteiger partial charge in [0.05, 0.1) is 0 Å². The van der Waals surface area contributed by atoms with Crippen molar-refractivity contribution in [2.24, 2.45) is 5.92 Å². The summed E-state index contributed by atoms with van der Waals surface area (Å²) in [6.45, 7) is 1.84. The minimum atomic E-state index is -1.23. The van der Waals surface area contributed by atoms with Crippen LogP contribution in [0.15, 0.2) is 24.3 Å². The van der Waals surface area contributed by atoms with Crippen molar-refractivity contribution in [1.82, 2.24) is 4.90 Å². The SMILES string of the molecule is CCN1C(=O)CC(c2ccc(N)cc2)C(C(=O)O)C1=O. The minimum absolute atomic E-state index is 0.0143. The Labute approximate surface area is 116 Å². The monoisotopic (exact) mass is 276 g/mol. The van der Waals surface area contributed by atoms with Gasteiger partial charge >= 0.3 is 5.97 Å². The van der Waals surface area contributed by atoms with Crippen LogP contribution in [0.3, 0.4) is 0 Å². The topological polar surface area (TPSA) is 101 Å². The van der Waals surface area contributed by atoms with E-state index in [1.54, 1.807) is 31.2 Å². The zero-order valence-electron chi connectivity index (χ0n) is 11.1. The van der Waals surface area contributed by atoms with E-state index in [1.165, 1.54) is 0 Å². The van der Waals surface area contributed by atoms with Gasteiger partial charge in [0, 0.05) is 24.6 Å². The molecule has 1 aromatic rings. The number of carbonyl (C=O) groups is 3. The summed E-state index contributed by atoms with van der Waals surface area (Å²) in [5, 5.41) is 9.31. The van der Waals surface area contributed by atoms with Crippen molar-refractivity contribution in [1.29, 1.82) is 0 Å². The Kier molecular flexibility index (Phi) is 3.74. The molecule has 2 amide bonds. The third kappa shape index (κ3) is 2.36. The molecule has 2 unspecified atom stereocenters. The number of rotatable bonds is 3. The number of anilines is 1. The fourth-order valence-electron chi connectivity index (χ4n) is 2.54. The van der Waals surface area contributed by atoms with Crippen LogP contribution in [-0.4, -0.2) is 34.3 Å². The van der Waals surface area contributed by atoms with Crippen LogP contribution in [0, 0.1) is 5.92 Å². The third-order valence-corrected chi connectivity index (χ3v) is 3.58. The summed E-state index contributed by atoms with van der Waals surface area (Å²) in [6, 6.07) is 6.60. The van der Waals surface area contributed by atoms with Crippen molar-refractivity contribution >= 4 is 23.5 Å². The molecule has 6 nitrogen and oxygen atoms in total. The molecule has 6 heteroatoms. The van der Waals surface area contributed by atoms with Crippen LogP contribution in [0.2, 0.25) is 0 Å². The number of aliphatic carboxylic acids is 1. The van der Waals surface area contributed by atoms with Crippen molar-refractivity contribution < 1.29 is 19.5 Å². The van der Waals surface area contributed by atoms with E-state index in [1.807, 2.05) is 0 Å². The highest BCUT2D eigenvalue weighted by atomic mass is 16.4. The fourth-order valence-corrected chi connectivity index (χ4v) is 2.54. The summed E-state index contributed by atoms with van der Waals surface area (Å²) in [6.07, 6.45) is 0.0143. The Hall–Kier alpha value is -2.37. The van der Waals surface area contributed by atoms with Gasteiger partial charge in [-0.2, -0.15) is 0 Å². The summed E-state index contributed by atoms with van der Waals surface area (Å²) >= 11 is 0. The number of hydrogen-bond donors (Lipinski definition) is 2. The van der Waals surface area contributed by atoms with E-state index in [0.717, 1.165) is 4.90 Å². The second-order valence-corrected chi connectivity index (χ2v) is 4.77. The molecule has 3 N–H and O–H groups in total. The zero-order valence-corrected chi connectivity index (χ0v) is 11.1. The van der Waals surface area contributed by atoms with Gasteiger partial charge in [0.15, 0.2) is 0 Å². The molecule has 106 valence electrons. The van der Waals surface area contributed by atoms with E-state index in [9.17, 15) is 19.5 Å². The van der Waals surface area contributed by atoms with Crippen molar-refractivity contribution in [3.8, 4) is 0 Å². The third-order valence-electron chi connectivity index (χ3n) is 3.58. The first-order valence-corrected chi connectivity index (χ1v) is 6.38. The lowest BCUT2D eigenvalue weighted by atomic mass is 9.79. The first-order valence-electron chi connectivity index (χ1n) is 6.38. The maximum absolute atomic E-state index is 12.2. The van der Waals surface area contributed by atoms with Gasteiger partial charge in [0.25, 0.3) is 0 Å². The molecule has 1 aromatic carbocycles. The van der Waals surface area contributed by atoms with E-state index in [0.29, 0.717) is 11.3 Å². The van der Waals surface area contributed by atoms with Gasteiger partial charge in [0.1, 0.15) is 5.92 Å². The molecule has 0 saturated carbocycles.